The molecule has 0 unspecified atom stereocenters. The van der Waals surface area contributed by atoms with Gasteiger partial charge < -0.3 is 20.4 Å². The summed E-state index contributed by atoms with van der Waals surface area (Å²) in [5, 5.41) is 29.9. The summed E-state index contributed by atoms with van der Waals surface area (Å²) in [6.07, 6.45) is 0. The number of nitrogens with one attached hydrogen (secondary N) is 1. The van der Waals surface area contributed by atoms with Crippen molar-refractivity contribution in [3.05, 3.63) is 90.2 Å². The largest absolute Gasteiger partial charge is 0.478 e. The van der Waals surface area contributed by atoms with Crippen molar-refractivity contribution in [2.45, 2.75) is 6.92 Å². The van der Waals surface area contributed by atoms with Crippen LogP contribution in [0.15, 0.2) is 41.4 Å². The summed E-state index contributed by atoms with van der Waals surface area (Å²) in [5.41, 5.74) is 0.362. The number of benzene rings is 3. The number of aromatic carboxylic acids is 1. The van der Waals surface area contributed by atoms with Crippen molar-refractivity contribution in [3.8, 4) is 6.07 Å². The molecule has 0 aliphatic heterocycles. The van der Waals surface area contributed by atoms with Crippen molar-refractivity contribution in [2.24, 2.45) is 4.99 Å². The van der Waals surface area contributed by atoms with E-state index in [2.05, 4.69) is 15.2 Å². The highest BCUT2D eigenvalue weighted by Gasteiger charge is 2.29. The number of aryl methyl sites for hydroxylation is 1. The molecule has 0 aromatic heterocycles. The van der Waals surface area contributed by atoms with Gasteiger partial charge in [0, 0.05) is 24.8 Å². The highest BCUT2D eigenvalue weighted by atomic mass is 35.5. The number of carbonyl (C=O) groups excluding carboxylic acids is 1. The Morgan fingerprint density at radius 3 is 2.40 bits per heavy atom. The molecule has 9 nitrogen and oxygen atoms in total. The Balaban J connectivity index is 2.29. The standard InChI is InChI=1S/C27H19Cl4N5O4/c1-13-10-15(36(3)8-9-37)5-7-18(13)34-24(20-21(29)16(12-32)22(30)25(33-2)23(20)31)26(38)35-19-11-14(27(39)40)4-6-17(19)28/h4-7,10-11,37H,8-9H2,1,3H3,(H,35,38)(H,39,40). The summed E-state index contributed by atoms with van der Waals surface area (Å²) in [7, 11) is 1.80. The molecule has 0 fully saturated rings. The first-order valence-electron chi connectivity index (χ1n) is 11.3. The number of nitrogens with zero attached hydrogens (tertiary/aromatic N) is 4. The summed E-state index contributed by atoms with van der Waals surface area (Å²) in [6.45, 7) is 9.58. The van der Waals surface area contributed by atoms with Gasteiger partial charge in [0.15, 0.2) is 0 Å². The van der Waals surface area contributed by atoms with Gasteiger partial charge in [0.2, 0.25) is 5.69 Å². The van der Waals surface area contributed by atoms with Gasteiger partial charge in [0.05, 0.1) is 55.8 Å². The molecule has 3 aromatic rings. The molecule has 0 saturated heterocycles. The predicted octanol–water partition coefficient (Wildman–Crippen LogP) is 6.92. The minimum atomic E-state index is -1.24. The van der Waals surface area contributed by atoms with Gasteiger partial charge in [-0.2, -0.15) is 5.26 Å². The van der Waals surface area contributed by atoms with Crippen LogP contribution in [-0.2, 0) is 4.79 Å². The van der Waals surface area contributed by atoms with E-state index >= 15 is 0 Å². The molecular weight excluding hydrogens is 600 g/mol. The highest BCUT2D eigenvalue weighted by molar-refractivity contribution is 6.57. The maximum absolute atomic E-state index is 13.7. The molecule has 0 saturated carbocycles. The number of rotatable bonds is 8. The molecule has 0 radical (unpaired) electrons. The normalized spacial score (nSPS) is 11.0. The molecule has 204 valence electrons. The molecule has 3 N–H and O–H groups in total. The summed E-state index contributed by atoms with van der Waals surface area (Å²) in [6, 6.07) is 10.7. The zero-order valence-corrected chi connectivity index (χ0v) is 23.9. The Labute approximate surface area is 249 Å². The number of aliphatic imine (C=N–C) groups is 1. The van der Waals surface area contributed by atoms with Crippen molar-refractivity contribution in [2.75, 3.05) is 30.4 Å². The lowest BCUT2D eigenvalue weighted by Crippen LogP contribution is -2.25. The van der Waals surface area contributed by atoms with E-state index in [4.69, 9.17) is 53.0 Å². The number of likely N-dealkylation sites (N-methyl/N-ethyl adjacent to an activating group) is 1. The summed E-state index contributed by atoms with van der Waals surface area (Å²) >= 11 is 25.4. The Morgan fingerprint density at radius 2 is 1.82 bits per heavy atom. The van der Waals surface area contributed by atoms with Gasteiger partial charge in [-0.05, 0) is 48.9 Å². The molecule has 40 heavy (non-hydrogen) atoms. The second-order valence-electron chi connectivity index (χ2n) is 8.29. The van der Waals surface area contributed by atoms with Crippen LogP contribution in [0.3, 0.4) is 0 Å². The van der Waals surface area contributed by atoms with E-state index in [9.17, 15) is 25.1 Å². The van der Waals surface area contributed by atoms with Crippen molar-refractivity contribution < 1.29 is 19.8 Å². The Hall–Kier alpha value is -3.83. The van der Waals surface area contributed by atoms with E-state index in [0.29, 0.717) is 17.8 Å². The van der Waals surface area contributed by atoms with E-state index in [1.807, 2.05) is 11.0 Å². The SMILES string of the molecule is [C-]#[N+]c1c(Cl)c(C#N)c(Cl)c(C(=Nc2ccc(N(C)CCO)cc2C)C(=O)Nc2cc(C(=O)O)ccc2Cl)c1Cl. The second kappa shape index (κ2) is 13.0. The van der Waals surface area contributed by atoms with Crippen LogP contribution < -0.4 is 10.2 Å². The van der Waals surface area contributed by atoms with Crippen LogP contribution in [0.25, 0.3) is 4.85 Å². The van der Waals surface area contributed by atoms with Crippen LogP contribution in [0.1, 0.15) is 27.0 Å². The quantitative estimate of drug-likeness (QED) is 0.186. The number of nitriles is 1. The summed E-state index contributed by atoms with van der Waals surface area (Å²) in [5.74, 6) is -2.15. The fourth-order valence-electron chi connectivity index (χ4n) is 3.61. The van der Waals surface area contributed by atoms with E-state index in [1.165, 1.54) is 12.1 Å². The first kappa shape index (κ1) is 30.7. The van der Waals surface area contributed by atoms with Gasteiger partial charge in [-0.1, -0.05) is 46.4 Å². The maximum atomic E-state index is 13.7. The number of aliphatic hydroxyl groups excluding tert-OH is 1. The number of halogens is 4. The van der Waals surface area contributed by atoms with E-state index in [0.717, 1.165) is 11.8 Å². The molecular formula is C27H19Cl4N5O4. The lowest BCUT2D eigenvalue weighted by atomic mass is 10.0. The third kappa shape index (κ3) is 6.31. The zero-order chi connectivity index (χ0) is 29.7. The number of carboxylic acids is 1. The van der Waals surface area contributed by atoms with Crippen LogP contribution in [0.4, 0.5) is 22.7 Å². The van der Waals surface area contributed by atoms with Crippen molar-refractivity contribution in [1.29, 1.82) is 5.26 Å². The number of anilines is 2. The van der Waals surface area contributed by atoms with Gasteiger partial charge in [0.25, 0.3) is 5.91 Å². The average Bonchev–Trinajstić information content (AvgIpc) is 2.90. The monoisotopic (exact) mass is 617 g/mol. The third-order valence-electron chi connectivity index (χ3n) is 5.72. The number of amides is 1. The lowest BCUT2D eigenvalue weighted by molar-refractivity contribution is -0.110. The van der Waals surface area contributed by atoms with Gasteiger partial charge in [-0.15, -0.1) is 0 Å². The number of carbonyl (C=O) groups is 2. The second-order valence-corrected chi connectivity index (χ2v) is 9.84. The summed E-state index contributed by atoms with van der Waals surface area (Å²) in [4.78, 5) is 34.8. The zero-order valence-electron chi connectivity index (χ0n) is 20.9. The first-order chi connectivity index (χ1) is 18.9. The van der Waals surface area contributed by atoms with Gasteiger partial charge in [0.1, 0.15) is 11.8 Å². The topological polar surface area (TPSA) is 130 Å². The Bertz CT molecular complexity index is 1600. The molecule has 1 amide bonds. The minimum Gasteiger partial charge on any atom is -0.478 e. The van der Waals surface area contributed by atoms with Gasteiger partial charge in [-0.25, -0.2) is 14.6 Å². The molecule has 0 heterocycles. The van der Waals surface area contributed by atoms with E-state index in [1.54, 1.807) is 32.2 Å². The number of aliphatic hydroxyl groups is 1. The Morgan fingerprint density at radius 1 is 1.12 bits per heavy atom. The number of hydrogen-bond acceptors (Lipinski definition) is 6. The highest BCUT2D eigenvalue weighted by Crippen LogP contribution is 2.44. The predicted molar refractivity (Wildman–Crippen MR) is 157 cm³/mol. The smallest absolute Gasteiger partial charge is 0.335 e. The van der Waals surface area contributed by atoms with Crippen LogP contribution in [0, 0.1) is 24.8 Å². The maximum Gasteiger partial charge on any atom is 0.335 e. The molecule has 0 bridgehead atoms. The fourth-order valence-corrected chi connectivity index (χ4v) is 4.84. The van der Waals surface area contributed by atoms with E-state index in [-0.39, 0.29) is 60.5 Å². The third-order valence-corrected chi connectivity index (χ3v) is 7.16. The molecule has 0 aliphatic carbocycles. The number of carboxylic acid groups (broad SMARTS) is 1. The molecule has 0 aliphatic rings. The van der Waals surface area contributed by atoms with Crippen LogP contribution in [-0.4, -0.2) is 48.0 Å². The lowest BCUT2D eigenvalue weighted by Gasteiger charge is -2.19. The van der Waals surface area contributed by atoms with Crippen molar-refractivity contribution in [1.82, 2.24) is 0 Å². The molecule has 3 aromatic carbocycles. The Kier molecular flexibility index (Phi) is 9.99. The average molecular weight is 619 g/mol. The molecule has 0 spiro atoms. The van der Waals surface area contributed by atoms with Gasteiger partial charge >= 0.3 is 5.97 Å². The van der Waals surface area contributed by atoms with E-state index < -0.39 is 11.9 Å². The molecule has 0 atom stereocenters. The van der Waals surface area contributed by atoms with Crippen LogP contribution >= 0.6 is 46.4 Å². The first-order valence-corrected chi connectivity index (χ1v) is 12.8. The fraction of sp³-hybridized carbons (Fsp3) is 0.148. The van der Waals surface area contributed by atoms with Crippen LogP contribution in [0.5, 0.6) is 0 Å². The number of hydrogen-bond donors (Lipinski definition) is 3. The summed E-state index contributed by atoms with van der Waals surface area (Å²) < 4.78 is 0. The van der Waals surface area contributed by atoms with Gasteiger partial charge in [-0.3, -0.25) is 4.79 Å². The van der Waals surface area contributed by atoms with Crippen molar-refractivity contribution >= 4 is 86.7 Å². The molecule has 13 heteroatoms. The minimum absolute atomic E-state index is 0.0379. The van der Waals surface area contributed by atoms with Crippen LogP contribution in [0.2, 0.25) is 20.1 Å². The van der Waals surface area contributed by atoms with Crippen molar-refractivity contribution in [3.63, 3.8) is 0 Å². The molecule has 3 rings (SSSR count).